The average Bonchev–Trinajstić information content (AvgIpc) is 3.36. The molecule has 3 N–H and O–H groups in total. The summed E-state index contributed by atoms with van der Waals surface area (Å²) >= 11 is 3.55. The zero-order valence-electron chi connectivity index (χ0n) is 14.9. The van der Waals surface area contributed by atoms with Crippen molar-refractivity contribution in [1.82, 2.24) is 16.0 Å². The van der Waals surface area contributed by atoms with Crippen molar-refractivity contribution in [3.63, 3.8) is 0 Å². The summed E-state index contributed by atoms with van der Waals surface area (Å²) in [5, 5.41) is 9.44. The Kier molecular flexibility index (Phi) is 9.78. The van der Waals surface area contributed by atoms with Crippen molar-refractivity contribution in [3.8, 4) is 0 Å². The number of hydrogen-bond donors (Lipinski definition) is 3. The fourth-order valence-corrected chi connectivity index (χ4v) is 3.00. The first-order valence-electron chi connectivity index (χ1n) is 8.64. The van der Waals surface area contributed by atoms with Crippen molar-refractivity contribution in [2.24, 2.45) is 4.99 Å². The van der Waals surface area contributed by atoms with Crippen LogP contribution in [-0.4, -0.2) is 38.0 Å². The third-order valence-electron chi connectivity index (χ3n) is 4.18. The predicted molar refractivity (Wildman–Crippen MR) is 118 cm³/mol. The Labute approximate surface area is 176 Å². The molecule has 7 heteroatoms. The van der Waals surface area contributed by atoms with Crippen molar-refractivity contribution in [2.75, 3.05) is 26.2 Å². The fraction of sp³-hybridized carbons (Fsp3) is 0.556. The third-order valence-corrected chi connectivity index (χ3v) is 4.68. The van der Waals surface area contributed by atoms with E-state index in [-0.39, 0.29) is 41.8 Å². The molecule has 0 aromatic heterocycles. The molecule has 5 nitrogen and oxygen atoms in total. The molecule has 0 aliphatic heterocycles. The van der Waals surface area contributed by atoms with E-state index < -0.39 is 0 Å². The van der Waals surface area contributed by atoms with Gasteiger partial charge < -0.3 is 16.0 Å². The van der Waals surface area contributed by atoms with Crippen molar-refractivity contribution in [3.05, 3.63) is 34.3 Å². The molecule has 0 heterocycles. The van der Waals surface area contributed by atoms with Gasteiger partial charge in [0.15, 0.2) is 5.96 Å². The Hall–Kier alpha value is -0.830. The van der Waals surface area contributed by atoms with E-state index in [2.05, 4.69) is 55.1 Å². The molecular weight excluding hydrogens is 495 g/mol. The molecule has 140 valence electrons. The molecule has 1 aromatic rings. The van der Waals surface area contributed by atoms with E-state index in [1.807, 2.05) is 19.9 Å². The Bertz CT molecular complexity index is 590. The minimum absolute atomic E-state index is 0. The number of rotatable bonds is 8. The first-order chi connectivity index (χ1) is 11.6. The van der Waals surface area contributed by atoms with Gasteiger partial charge in [0, 0.05) is 29.5 Å². The van der Waals surface area contributed by atoms with E-state index in [9.17, 15) is 4.79 Å². The van der Waals surface area contributed by atoms with Crippen LogP contribution >= 0.6 is 39.9 Å². The number of guanidine groups is 1. The number of nitrogens with zero attached hydrogens (tertiary/aromatic N) is 1. The van der Waals surface area contributed by atoms with Gasteiger partial charge in [0.25, 0.3) is 0 Å². The Morgan fingerprint density at radius 2 is 2.00 bits per heavy atom. The summed E-state index contributed by atoms with van der Waals surface area (Å²) in [5.74, 6) is 0.660. The minimum Gasteiger partial charge on any atom is -0.357 e. The molecule has 0 unspecified atom stereocenters. The number of amides is 1. The second-order valence-electron chi connectivity index (χ2n) is 6.19. The minimum atomic E-state index is -0.0396. The first-order valence-corrected chi connectivity index (χ1v) is 9.44. The van der Waals surface area contributed by atoms with Crippen LogP contribution < -0.4 is 16.0 Å². The van der Waals surface area contributed by atoms with Gasteiger partial charge in [-0.05, 0) is 43.9 Å². The maximum Gasteiger partial charge on any atom is 0.241 e. The van der Waals surface area contributed by atoms with Gasteiger partial charge in [-0.1, -0.05) is 35.0 Å². The van der Waals surface area contributed by atoms with E-state index in [0.29, 0.717) is 12.5 Å². The number of carbonyl (C=O) groups excluding carboxylic acids is 1. The third kappa shape index (κ3) is 7.13. The van der Waals surface area contributed by atoms with Crippen molar-refractivity contribution in [2.45, 2.75) is 38.5 Å². The Morgan fingerprint density at radius 1 is 1.24 bits per heavy atom. The standard InChI is InChI=1S/C18H27BrN4O.HI/c1-3-10-21-16(24)12-22-17(20-4-2)23-13-18(8-9-18)14-6-5-7-15(19)11-14;/h5-7,11H,3-4,8-10,12-13H2,1-2H3,(H,21,24)(H2,20,22,23);1H. The maximum atomic E-state index is 11.7. The van der Waals surface area contributed by atoms with E-state index >= 15 is 0 Å². The summed E-state index contributed by atoms with van der Waals surface area (Å²) in [5.41, 5.74) is 1.53. The molecule has 1 aliphatic carbocycles. The molecule has 0 saturated heterocycles. The van der Waals surface area contributed by atoms with Gasteiger partial charge in [0.2, 0.25) is 5.91 Å². The highest BCUT2D eigenvalue weighted by Gasteiger charge is 2.44. The normalized spacial score (nSPS) is 15.1. The molecule has 1 amide bonds. The van der Waals surface area contributed by atoms with Gasteiger partial charge in [-0.2, -0.15) is 0 Å². The van der Waals surface area contributed by atoms with Gasteiger partial charge in [-0.3, -0.25) is 4.79 Å². The number of benzene rings is 1. The molecule has 25 heavy (non-hydrogen) atoms. The van der Waals surface area contributed by atoms with Crippen molar-refractivity contribution >= 4 is 51.8 Å². The van der Waals surface area contributed by atoms with E-state index in [1.165, 1.54) is 18.4 Å². The summed E-state index contributed by atoms with van der Waals surface area (Å²) in [6.07, 6.45) is 3.28. The lowest BCUT2D eigenvalue weighted by molar-refractivity contribution is -0.119. The van der Waals surface area contributed by atoms with Gasteiger partial charge in [0.1, 0.15) is 6.54 Å². The molecule has 0 atom stereocenters. The van der Waals surface area contributed by atoms with Crippen LogP contribution in [0.3, 0.4) is 0 Å². The van der Waals surface area contributed by atoms with Crippen LogP contribution in [0.2, 0.25) is 0 Å². The van der Waals surface area contributed by atoms with Crippen LogP contribution in [0.25, 0.3) is 0 Å². The summed E-state index contributed by atoms with van der Waals surface area (Å²) < 4.78 is 1.11. The highest BCUT2D eigenvalue weighted by Crippen LogP contribution is 2.48. The first kappa shape index (κ1) is 22.2. The Morgan fingerprint density at radius 3 is 2.60 bits per heavy atom. The molecule has 0 spiro atoms. The fourth-order valence-electron chi connectivity index (χ4n) is 2.60. The zero-order chi connectivity index (χ0) is 17.4. The van der Waals surface area contributed by atoms with Crippen LogP contribution in [0.4, 0.5) is 0 Å². The zero-order valence-corrected chi connectivity index (χ0v) is 18.8. The molecule has 1 aromatic carbocycles. The second kappa shape index (κ2) is 11.0. The van der Waals surface area contributed by atoms with Gasteiger partial charge >= 0.3 is 0 Å². The summed E-state index contributed by atoms with van der Waals surface area (Å²) in [6, 6.07) is 8.50. The lowest BCUT2D eigenvalue weighted by Crippen LogP contribution is -2.42. The molecule has 1 fully saturated rings. The molecule has 2 rings (SSSR count). The maximum absolute atomic E-state index is 11.7. The second-order valence-corrected chi connectivity index (χ2v) is 7.11. The quantitative estimate of drug-likeness (QED) is 0.279. The molecular formula is C18H28BrIN4O. The van der Waals surface area contributed by atoms with E-state index in [1.54, 1.807) is 0 Å². The van der Waals surface area contributed by atoms with Crippen LogP contribution in [0, 0.1) is 0 Å². The topological polar surface area (TPSA) is 65.5 Å². The highest BCUT2D eigenvalue weighted by molar-refractivity contribution is 14.0. The largest absolute Gasteiger partial charge is 0.357 e. The summed E-state index contributed by atoms with van der Waals surface area (Å²) in [4.78, 5) is 16.1. The lowest BCUT2D eigenvalue weighted by atomic mass is 9.96. The van der Waals surface area contributed by atoms with E-state index in [4.69, 9.17) is 0 Å². The van der Waals surface area contributed by atoms with Crippen molar-refractivity contribution < 1.29 is 4.79 Å². The van der Waals surface area contributed by atoms with Crippen LogP contribution in [-0.2, 0) is 10.2 Å². The Balaban J connectivity index is 0.00000312. The van der Waals surface area contributed by atoms with Crippen LogP contribution in [0.15, 0.2) is 33.7 Å². The van der Waals surface area contributed by atoms with Crippen molar-refractivity contribution in [1.29, 1.82) is 0 Å². The van der Waals surface area contributed by atoms with Gasteiger partial charge in [0.05, 0.1) is 0 Å². The molecule has 0 radical (unpaired) electrons. The lowest BCUT2D eigenvalue weighted by Gasteiger charge is -2.19. The van der Waals surface area contributed by atoms with Gasteiger partial charge in [-0.25, -0.2) is 4.99 Å². The summed E-state index contributed by atoms with van der Waals surface area (Å²) in [7, 11) is 0. The average molecular weight is 523 g/mol. The number of nitrogens with one attached hydrogen (secondary N) is 3. The monoisotopic (exact) mass is 522 g/mol. The predicted octanol–water partition coefficient (Wildman–Crippen LogP) is 3.18. The van der Waals surface area contributed by atoms with E-state index in [0.717, 1.165) is 24.0 Å². The number of carbonyl (C=O) groups is 1. The number of aliphatic imine (C=N–C) groups is 1. The number of hydrogen-bond acceptors (Lipinski definition) is 2. The molecule has 1 saturated carbocycles. The smallest absolute Gasteiger partial charge is 0.241 e. The van der Waals surface area contributed by atoms with Crippen LogP contribution in [0.1, 0.15) is 38.7 Å². The SMILES string of the molecule is CCCNC(=O)CN=C(NCC)NCC1(c2cccc(Br)c2)CC1.I. The van der Waals surface area contributed by atoms with Crippen LogP contribution in [0.5, 0.6) is 0 Å². The molecule has 1 aliphatic rings. The van der Waals surface area contributed by atoms with Gasteiger partial charge in [-0.15, -0.1) is 24.0 Å². The highest BCUT2D eigenvalue weighted by atomic mass is 127. The number of halogens is 2. The molecule has 0 bridgehead atoms. The summed E-state index contributed by atoms with van der Waals surface area (Å²) in [6.45, 7) is 6.50.